The molecule has 2 N–H and O–H groups in total. The molecule has 7 nitrogen and oxygen atoms in total. The van der Waals surface area contributed by atoms with Gasteiger partial charge in [0.2, 0.25) is 5.13 Å². The standard InChI is InChI=1S/C9H8N4O3S/c1-16-7-3-2-5(4-6(7)14)8(15)10-9-11-12-13-17-9/h2-4,14H,1H3,(H,10,11,13,15). The molecule has 0 aliphatic carbocycles. The highest BCUT2D eigenvalue weighted by atomic mass is 32.1. The molecule has 0 saturated carbocycles. The predicted molar refractivity (Wildman–Crippen MR) is 60.3 cm³/mol. The van der Waals surface area contributed by atoms with E-state index in [0.29, 0.717) is 16.4 Å². The Morgan fingerprint density at radius 2 is 2.35 bits per heavy atom. The molecule has 0 unspecified atom stereocenters. The maximum Gasteiger partial charge on any atom is 0.257 e. The van der Waals surface area contributed by atoms with Crippen molar-refractivity contribution in [2.45, 2.75) is 0 Å². The number of benzene rings is 1. The number of ether oxygens (including phenoxy) is 1. The second-order valence-corrected chi connectivity index (χ2v) is 3.74. The van der Waals surface area contributed by atoms with Gasteiger partial charge in [-0.3, -0.25) is 10.1 Å². The molecule has 88 valence electrons. The monoisotopic (exact) mass is 252 g/mol. The number of carbonyl (C=O) groups excluding carboxylic acids is 1. The zero-order valence-corrected chi connectivity index (χ0v) is 9.56. The van der Waals surface area contributed by atoms with E-state index in [9.17, 15) is 9.90 Å². The van der Waals surface area contributed by atoms with E-state index in [1.165, 1.54) is 25.3 Å². The van der Waals surface area contributed by atoms with Crippen molar-refractivity contribution in [3.05, 3.63) is 23.8 Å². The van der Waals surface area contributed by atoms with Gasteiger partial charge in [-0.1, -0.05) is 9.59 Å². The lowest BCUT2D eigenvalue weighted by Crippen LogP contribution is -2.11. The van der Waals surface area contributed by atoms with Gasteiger partial charge < -0.3 is 9.84 Å². The van der Waals surface area contributed by atoms with Crippen molar-refractivity contribution in [1.29, 1.82) is 0 Å². The fourth-order valence-electron chi connectivity index (χ4n) is 1.18. The Morgan fingerprint density at radius 1 is 1.53 bits per heavy atom. The highest BCUT2D eigenvalue weighted by molar-refractivity contribution is 7.09. The number of aromatic nitrogens is 3. The van der Waals surface area contributed by atoms with E-state index in [4.69, 9.17) is 4.74 Å². The molecule has 0 atom stereocenters. The predicted octanol–water partition coefficient (Wildman–Crippen LogP) is 0.900. The van der Waals surface area contributed by atoms with Crippen molar-refractivity contribution in [3.8, 4) is 11.5 Å². The molecule has 17 heavy (non-hydrogen) atoms. The van der Waals surface area contributed by atoms with Gasteiger partial charge in [0.1, 0.15) is 0 Å². The highest BCUT2D eigenvalue weighted by Crippen LogP contribution is 2.26. The average Bonchev–Trinajstić information content (AvgIpc) is 2.81. The van der Waals surface area contributed by atoms with Crippen LogP contribution in [0, 0.1) is 0 Å². The minimum Gasteiger partial charge on any atom is -0.504 e. The number of hydrogen-bond acceptors (Lipinski definition) is 7. The number of methoxy groups -OCH3 is 1. The van der Waals surface area contributed by atoms with E-state index in [1.807, 2.05) is 0 Å². The summed E-state index contributed by atoms with van der Waals surface area (Å²) in [6, 6.07) is 4.34. The fraction of sp³-hybridized carbons (Fsp3) is 0.111. The Bertz CT molecular complexity index is 529. The van der Waals surface area contributed by atoms with Crippen molar-refractivity contribution in [3.63, 3.8) is 0 Å². The van der Waals surface area contributed by atoms with Crippen LogP contribution in [0.4, 0.5) is 5.13 Å². The topological polar surface area (TPSA) is 97.2 Å². The van der Waals surface area contributed by atoms with E-state index in [1.54, 1.807) is 0 Å². The number of phenols is 1. The van der Waals surface area contributed by atoms with Gasteiger partial charge in [0.05, 0.1) is 7.11 Å². The van der Waals surface area contributed by atoms with Crippen LogP contribution in [-0.4, -0.2) is 32.9 Å². The Hall–Kier alpha value is -2.22. The summed E-state index contributed by atoms with van der Waals surface area (Å²) < 4.78 is 8.38. The molecule has 0 spiro atoms. The Balaban J connectivity index is 2.17. The molecule has 1 amide bonds. The van der Waals surface area contributed by atoms with E-state index < -0.39 is 5.91 Å². The van der Waals surface area contributed by atoms with Gasteiger partial charge in [-0.15, -0.1) is 0 Å². The molecular formula is C9H8N4O3S. The van der Waals surface area contributed by atoms with Crippen LogP contribution in [0.1, 0.15) is 10.4 Å². The summed E-state index contributed by atoms with van der Waals surface area (Å²) in [6.45, 7) is 0. The summed E-state index contributed by atoms with van der Waals surface area (Å²) in [7, 11) is 1.43. The highest BCUT2D eigenvalue weighted by Gasteiger charge is 2.11. The van der Waals surface area contributed by atoms with E-state index in [2.05, 4.69) is 20.1 Å². The van der Waals surface area contributed by atoms with Crippen molar-refractivity contribution in [2.75, 3.05) is 12.4 Å². The largest absolute Gasteiger partial charge is 0.504 e. The van der Waals surface area contributed by atoms with Crippen LogP contribution >= 0.6 is 11.5 Å². The average molecular weight is 252 g/mol. The summed E-state index contributed by atoms with van der Waals surface area (Å²) in [6.07, 6.45) is 0. The summed E-state index contributed by atoms with van der Waals surface area (Å²) in [5.41, 5.74) is 0.290. The quantitative estimate of drug-likeness (QED) is 0.842. The first-order chi connectivity index (χ1) is 8.20. The Kier molecular flexibility index (Phi) is 3.15. The molecule has 1 aromatic heterocycles. The lowest BCUT2D eigenvalue weighted by molar-refractivity contribution is 0.102. The van der Waals surface area contributed by atoms with Crippen LogP contribution in [0.15, 0.2) is 18.2 Å². The van der Waals surface area contributed by atoms with Gasteiger partial charge in [-0.05, 0) is 23.4 Å². The molecule has 0 bridgehead atoms. The van der Waals surface area contributed by atoms with Crippen LogP contribution in [0.2, 0.25) is 0 Å². The number of hydrogen-bond donors (Lipinski definition) is 2. The van der Waals surface area contributed by atoms with Crippen molar-refractivity contribution < 1.29 is 14.6 Å². The number of nitrogens with one attached hydrogen (secondary N) is 1. The number of nitrogens with zero attached hydrogens (tertiary/aromatic N) is 3. The molecule has 0 aliphatic rings. The third kappa shape index (κ3) is 2.48. The number of anilines is 1. The van der Waals surface area contributed by atoms with Gasteiger partial charge in [0, 0.05) is 17.1 Å². The second-order valence-electron chi connectivity index (χ2n) is 3.01. The molecule has 0 aliphatic heterocycles. The lowest BCUT2D eigenvalue weighted by Gasteiger charge is -2.05. The zero-order chi connectivity index (χ0) is 12.3. The van der Waals surface area contributed by atoms with Gasteiger partial charge in [0.25, 0.3) is 5.91 Å². The van der Waals surface area contributed by atoms with Crippen LogP contribution in [-0.2, 0) is 0 Å². The fourth-order valence-corrected chi connectivity index (χ4v) is 1.54. The van der Waals surface area contributed by atoms with Crippen LogP contribution in [0.5, 0.6) is 11.5 Å². The minimum absolute atomic E-state index is 0.101. The number of aromatic hydroxyl groups is 1. The van der Waals surface area contributed by atoms with Crippen molar-refractivity contribution in [1.82, 2.24) is 14.8 Å². The van der Waals surface area contributed by atoms with Crippen LogP contribution < -0.4 is 10.1 Å². The van der Waals surface area contributed by atoms with Gasteiger partial charge in [-0.2, -0.15) is 0 Å². The molecule has 0 fully saturated rings. The SMILES string of the molecule is COc1ccc(C(=O)Nc2nnns2)cc1O. The zero-order valence-electron chi connectivity index (χ0n) is 8.75. The molecule has 8 heteroatoms. The van der Waals surface area contributed by atoms with E-state index in [-0.39, 0.29) is 5.75 Å². The summed E-state index contributed by atoms with van der Waals surface area (Å²) in [5, 5.41) is 19.2. The molecule has 2 rings (SSSR count). The third-order valence-electron chi connectivity index (χ3n) is 1.96. The maximum atomic E-state index is 11.7. The minimum atomic E-state index is -0.401. The molecule has 0 radical (unpaired) electrons. The molecule has 0 saturated heterocycles. The summed E-state index contributed by atoms with van der Waals surface area (Å²) >= 11 is 0.966. The second kappa shape index (κ2) is 4.74. The number of amides is 1. The normalized spacial score (nSPS) is 9.94. The van der Waals surface area contributed by atoms with Gasteiger partial charge >= 0.3 is 0 Å². The number of rotatable bonds is 3. The smallest absolute Gasteiger partial charge is 0.257 e. The lowest BCUT2D eigenvalue weighted by atomic mass is 10.2. The van der Waals surface area contributed by atoms with Crippen LogP contribution in [0.25, 0.3) is 0 Å². The number of carbonyl (C=O) groups is 1. The van der Waals surface area contributed by atoms with Gasteiger partial charge in [-0.25, -0.2) is 0 Å². The van der Waals surface area contributed by atoms with E-state index >= 15 is 0 Å². The first-order valence-electron chi connectivity index (χ1n) is 4.54. The molecule has 1 aromatic carbocycles. The Morgan fingerprint density at radius 3 is 2.94 bits per heavy atom. The molecule has 2 aromatic rings. The number of phenolic OH excluding ortho intramolecular Hbond substituents is 1. The first-order valence-corrected chi connectivity index (χ1v) is 5.31. The molecular weight excluding hydrogens is 244 g/mol. The van der Waals surface area contributed by atoms with Gasteiger partial charge in [0.15, 0.2) is 11.5 Å². The summed E-state index contributed by atoms with van der Waals surface area (Å²) in [5.74, 6) is -0.198. The Labute approximate surface area is 100 Å². The van der Waals surface area contributed by atoms with Crippen molar-refractivity contribution in [2.24, 2.45) is 0 Å². The van der Waals surface area contributed by atoms with Crippen LogP contribution in [0.3, 0.4) is 0 Å². The third-order valence-corrected chi connectivity index (χ3v) is 2.47. The maximum absolute atomic E-state index is 11.7. The van der Waals surface area contributed by atoms with Crippen molar-refractivity contribution >= 4 is 22.6 Å². The van der Waals surface area contributed by atoms with E-state index in [0.717, 1.165) is 11.5 Å². The molecule has 1 heterocycles. The summed E-state index contributed by atoms with van der Waals surface area (Å²) in [4.78, 5) is 11.7. The first kappa shape index (κ1) is 11.3.